The van der Waals surface area contributed by atoms with Crippen molar-refractivity contribution in [3.63, 3.8) is 0 Å². The Morgan fingerprint density at radius 2 is 1.90 bits per heavy atom. The third-order valence-corrected chi connectivity index (χ3v) is 5.63. The first-order valence-electron chi connectivity index (χ1n) is 6.70. The SMILES string of the molecule is CN(C1CCNCC1)S(=O)(=O)c1ccc(CC#N)cc1. The predicted molar refractivity (Wildman–Crippen MR) is 76.6 cm³/mol. The monoisotopic (exact) mass is 293 g/mol. The smallest absolute Gasteiger partial charge is 0.243 e. The molecular weight excluding hydrogens is 274 g/mol. The Labute approximate surface area is 120 Å². The van der Waals surface area contributed by atoms with Gasteiger partial charge in [-0.3, -0.25) is 0 Å². The van der Waals surface area contributed by atoms with E-state index < -0.39 is 10.0 Å². The normalized spacial score (nSPS) is 17.1. The Hall–Kier alpha value is -1.42. The maximum atomic E-state index is 12.5. The lowest BCUT2D eigenvalue weighted by Crippen LogP contribution is -2.43. The van der Waals surface area contributed by atoms with Crippen molar-refractivity contribution in [3.05, 3.63) is 29.8 Å². The van der Waals surface area contributed by atoms with Crippen molar-refractivity contribution in [1.29, 1.82) is 5.26 Å². The van der Waals surface area contributed by atoms with Gasteiger partial charge in [0.1, 0.15) is 0 Å². The molecule has 0 atom stereocenters. The van der Waals surface area contributed by atoms with Crippen LogP contribution in [0.5, 0.6) is 0 Å². The molecule has 0 aromatic heterocycles. The van der Waals surface area contributed by atoms with Crippen LogP contribution in [0.15, 0.2) is 29.2 Å². The summed E-state index contributed by atoms with van der Waals surface area (Å²) in [6.07, 6.45) is 1.97. The highest BCUT2D eigenvalue weighted by Gasteiger charge is 2.28. The molecule has 0 unspecified atom stereocenters. The molecule has 1 fully saturated rings. The van der Waals surface area contributed by atoms with Crippen LogP contribution in [0, 0.1) is 11.3 Å². The third-order valence-electron chi connectivity index (χ3n) is 3.71. The van der Waals surface area contributed by atoms with E-state index in [9.17, 15) is 8.42 Å². The average Bonchev–Trinajstić information content (AvgIpc) is 2.48. The van der Waals surface area contributed by atoms with Gasteiger partial charge in [0.05, 0.1) is 17.4 Å². The maximum Gasteiger partial charge on any atom is 0.243 e. The number of piperidine rings is 1. The molecule has 1 aromatic carbocycles. The van der Waals surface area contributed by atoms with Crippen molar-refractivity contribution in [1.82, 2.24) is 9.62 Å². The van der Waals surface area contributed by atoms with E-state index in [0.29, 0.717) is 11.3 Å². The van der Waals surface area contributed by atoms with Gasteiger partial charge in [-0.1, -0.05) is 12.1 Å². The number of nitriles is 1. The first kappa shape index (κ1) is 15.0. The lowest BCUT2D eigenvalue weighted by Gasteiger charge is -2.30. The predicted octanol–water partition coefficient (Wildman–Crippen LogP) is 1.13. The minimum atomic E-state index is -3.45. The number of rotatable bonds is 4. The first-order valence-corrected chi connectivity index (χ1v) is 8.14. The summed E-state index contributed by atoms with van der Waals surface area (Å²) in [7, 11) is -1.80. The minimum Gasteiger partial charge on any atom is -0.317 e. The van der Waals surface area contributed by atoms with E-state index in [1.165, 1.54) is 4.31 Å². The van der Waals surface area contributed by atoms with E-state index in [2.05, 4.69) is 5.32 Å². The minimum absolute atomic E-state index is 0.0556. The van der Waals surface area contributed by atoms with Crippen LogP contribution in [0.2, 0.25) is 0 Å². The Balaban J connectivity index is 2.18. The van der Waals surface area contributed by atoms with Crippen LogP contribution in [0.1, 0.15) is 18.4 Å². The highest BCUT2D eigenvalue weighted by Crippen LogP contribution is 2.21. The second-order valence-corrected chi connectivity index (χ2v) is 6.98. The Morgan fingerprint density at radius 1 is 1.30 bits per heavy atom. The third kappa shape index (κ3) is 3.18. The highest BCUT2D eigenvalue weighted by atomic mass is 32.2. The van der Waals surface area contributed by atoms with E-state index in [1.54, 1.807) is 31.3 Å². The second-order valence-electron chi connectivity index (χ2n) is 4.98. The van der Waals surface area contributed by atoms with Crippen molar-refractivity contribution in [3.8, 4) is 6.07 Å². The van der Waals surface area contributed by atoms with E-state index in [4.69, 9.17) is 5.26 Å². The van der Waals surface area contributed by atoms with Crippen LogP contribution in [0.4, 0.5) is 0 Å². The molecule has 6 heteroatoms. The zero-order valence-electron chi connectivity index (χ0n) is 11.5. The van der Waals surface area contributed by atoms with Crippen molar-refractivity contribution in [2.45, 2.75) is 30.2 Å². The molecule has 1 aliphatic rings. The van der Waals surface area contributed by atoms with E-state index in [0.717, 1.165) is 31.5 Å². The number of nitrogens with one attached hydrogen (secondary N) is 1. The summed E-state index contributed by atoms with van der Waals surface area (Å²) in [5.41, 5.74) is 0.830. The number of hydrogen-bond donors (Lipinski definition) is 1. The molecule has 0 spiro atoms. The van der Waals surface area contributed by atoms with E-state index in [1.807, 2.05) is 6.07 Å². The largest absolute Gasteiger partial charge is 0.317 e. The number of sulfonamides is 1. The second kappa shape index (κ2) is 6.35. The molecule has 2 rings (SSSR count). The van der Waals surface area contributed by atoms with Crippen LogP contribution in [-0.2, 0) is 16.4 Å². The van der Waals surface area contributed by atoms with Crippen LogP contribution in [0.3, 0.4) is 0 Å². The molecule has 1 heterocycles. The quantitative estimate of drug-likeness (QED) is 0.903. The molecule has 1 aliphatic heterocycles. The van der Waals surface area contributed by atoms with Gasteiger partial charge in [-0.15, -0.1) is 0 Å². The number of benzene rings is 1. The molecule has 1 saturated heterocycles. The molecule has 0 saturated carbocycles. The molecule has 0 radical (unpaired) electrons. The Bertz CT molecular complexity index is 584. The molecule has 0 aliphatic carbocycles. The standard InChI is InChI=1S/C14H19N3O2S/c1-17(13-7-10-16-11-8-13)20(18,19)14-4-2-12(3-5-14)6-9-15/h2-5,13,16H,6-8,10-11H2,1H3. The van der Waals surface area contributed by atoms with Gasteiger partial charge in [0.25, 0.3) is 0 Å². The fourth-order valence-corrected chi connectivity index (χ4v) is 3.82. The summed E-state index contributed by atoms with van der Waals surface area (Å²) in [5, 5.41) is 11.9. The van der Waals surface area contributed by atoms with Gasteiger partial charge in [0, 0.05) is 13.1 Å². The van der Waals surface area contributed by atoms with Crippen LogP contribution in [0.25, 0.3) is 0 Å². The lowest BCUT2D eigenvalue weighted by molar-refractivity contribution is 0.296. The van der Waals surface area contributed by atoms with Gasteiger partial charge in [-0.25, -0.2) is 8.42 Å². The average molecular weight is 293 g/mol. The highest BCUT2D eigenvalue weighted by molar-refractivity contribution is 7.89. The van der Waals surface area contributed by atoms with Crippen LogP contribution < -0.4 is 5.32 Å². The zero-order valence-corrected chi connectivity index (χ0v) is 12.4. The van der Waals surface area contributed by atoms with E-state index >= 15 is 0 Å². The summed E-state index contributed by atoms with van der Waals surface area (Å²) in [6.45, 7) is 1.71. The fourth-order valence-electron chi connectivity index (χ4n) is 2.40. The summed E-state index contributed by atoms with van der Waals surface area (Å²) in [6, 6.07) is 8.67. The summed E-state index contributed by atoms with van der Waals surface area (Å²) in [5.74, 6) is 0. The van der Waals surface area contributed by atoms with Gasteiger partial charge in [-0.05, 0) is 43.6 Å². The molecule has 108 valence electrons. The molecule has 1 N–H and O–H groups in total. The topological polar surface area (TPSA) is 73.2 Å². The van der Waals surface area contributed by atoms with Crippen molar-refractivity contribution >= 4 is 10.0 Å². The molecule has 1 aromatic rings. The molecule has 0 bridgehead atoms. The molecule has 0 amide bonds. The summed E-state index contributed by atoms with van der Waals surface area (Å²) in [4.78, 5) is 0.292. The zero-order chi connectivity index (χ0) is 14.6. The number of nitrogens with zero attached hydrogens (tertiary/aromatic N) is 2. The summed E-state index contributed by atoms with van der Waals surface area (Å²) < 4.78 is 26.6. The van der Waals surface area contributed by atoms with Gasteiger partial charge < -0.3 is 5.32 Å². The van der Waals surface area contributed by atoms with Gasteiger partial charge >= 0.3 is 0 Å². The van der Waals surface area contributed by atoms with Crippen molar-refractivity contribution < 1.29 is 8.42 Å². The Morgan fingerprint density at radius 3 is 2.45 bits per heavy atom. The molecule has 20 heavy (non-hydrogen) atoms. The van der Waals surface area contributed by atoms with Crippen LogP contribution >= 0.6 is 0 Å². The van der Waals surface area contributed by atoms with Crippen molar-refractivity contribution in [2.75, 3.05) is 20.1 Å². The molecular formula is C14H19N3O2S. The Kier molecular flexibility index (Phi) is 4.76. The lowest BCUT2D eigenvalue weighted by atomic mass is 10.1. The number of hydrogen-bond acceptors (Lipinski definition) is 4. The van der Waals surface area contributed by atoms with Gasteiger partial charge in [0.2, 0.25) is 10.0 Å². The van der Waals surface area contributed by atoms with Crippen molar-refractivity contribution in [2.24, 2.45) is 0 Å². The van der Waals surface area contributed by atoms with E-state index in [-0.39, 0.29) is 6.04 Å². The fraction of sp³-hybridized carbons (Fsp3) is 0.500. The van der Waals surface area contributed by atoms with Crippen LogP contribution in [-0.4, -0.2) is 38.9 Å². The maximum absolute atomic E-state index is 12.5. The van der Waals surface area contributed by atoms with Gasteiger partial charge in [0.15, 0.2) is 0 Å². The summed E-state index contributed by atoms with van der Waals surface area (Å²) >= 11 is 0. The van der Waals surface area contributed by atoms with Gasteiger partial charge in [-0.2, -0.15) is 9.57 Å². The molecule has 5 nitrogen and oxygen atoms in total. The first-order chi connectivity index (χ1) is 9.55.